The Morgan fingerprint density at radius 3 is 2.47 bits per heavy atom. The monoisotopic (exact) mass is 432 g/mol. The van der Waals surface area contributed by atoms with Crippen LogP contribution in [0.25, 0.3) is 0 Å². The first-order valence-electron chi connectivity index (χ1n) is 10.0. The van der Waals surface area contributed by atoms with Crippen LogP contribution in [-0.4, -0.2) is 45.9 Å². The molecule has 0 atom stereocenters. The highest BCUT2D eigenvalue weighted by molar-refractivity contribution is 7.89. The predicted molar refractivity (Wildman–Crippen MR) is 121 cm³/mol. The van der Waals surface area contributed by atoms with Crippen LogP contribution in [0.2, 0.25) is 0 Å². The van der Waals surface area contributed by atoms with Gasteiger partial charge in [0, 0.05) is 32.7 Å². The normalized spacial score (nSPS) is 12.1. The summed E-state index contributed by atoms with van der Waals surface area (Å²) in [6.07, 6.45) is 0. The van der Waals surface area contributed by atoms with Gasteiger partial charge in [0.1, 0.15) is 5.75 Å². The summed E-state index contributed by atoms with van der Waals surface area (Å²) >= 11 is 0. The topological polar surface area (TPSA) is 83.0 Å². The Morgan fingerprint density at radius 1 is 1.07 bits per heavy atom. The Bertz CT molecular complexity index is 972. The fourth-order valence-corrected chi connectivity index (χ4v) is 3.98. The van der Waals surface area contributed by atoms with Gasteiger partial charge in [-0.15, -0.1) is 0 Å². The minimum atomic E-state index is -3.52. The van der Waals surface area contributed by atoms with Crippen LogP contribution in [-0.2, 0) is 23.1 Å². The third-order valence-corrected chi connectivity index (χ3v) is 6.37. The van der Waals surface area contributed by atoms with E-state index in [4.69, 9.17) is 4.74 Å². The van der Waals surface area contributed by atoms with E-state index in [1.165, 1.54) is 18.4 Å². The van der Waals surface area contributed by atoms with Crippen molar-refractivity contribution in [3.05, 3.63) is 59.2 Å². The van der Waals surface area contributed by atoms with Crippen molar-refractivity contribution >= 4 is 16.0 Å². The van der Waals surface area contributed by atoms with Gasteiger partial charge in [0.2, 0.25) is 10.0 Å². The molecule has 0 aliphatic heterocycles. The Hall–Kier alpha value is -2.58. The zero-order valence-corrected chi connectivity index (χ0v) is 19.2. The average Bonchev–Trinajstić information content (AvgIpc) is 2.71. The van der Waals surface area contributed by atoms with Crippen LogP contribution >= 0.6 is 0 Å². The molecule has 0 aliphatic rings. The van der Waals surface area contributed by atoms with Gasteiger partial charge >= 0.3 is 0 Å². The maximum Gasteiger partial charge on any atom is 0.242 e. The second-order valence-corrected chi connectivity index (χ2v) is 9.11. The molecule has 0 heterocycles. The van der Waals surface area contributed by atoms with E-state index in [9.17, 15) is 8.42 Å². The highest BCUT2D eigenvalue weighted by Gasteiger charge is 2.20. The lowest BCUT2D eigenvalue weighted by atomic mass is 10.1. The zero-order chi connectivity index (χ0) is 22.1. The minimum absolute atomic E-state index is 0.288. The van der Waals surface area contributed by atoms with Crippen LogP contribution in [0.1, 0.15) is 30.5 Å². The van der Waals surface area contributed by atoms with Crippen molar-refractivity contribution < 1.29 is 13.2 Å². The lowest BCUT2D eigenvalue weighted by Crippen LogP contribution is -2.37. The Labute approximate surface area is 180 Å². The molecule has 2 aromatic rings. The van der Waals surface area contributed by atoms with Crippen LogP contribution in [0.15, 0.2) is 52.4 Å². The number of benzene rings is 2. The fourth-order valence-electron chi connectivity index (χ4n) is 2.87. The summed E-state index contributed by atoms with van der Waals surface area (Å²) in [5.74, 6) is 1.44. The van der Waals surface area contributed by atoms with Gasteiger partial charge in [-0.3, -0.25) is 0 Å². The molecule has 0 saturated heterocycles. The molecule has 164 valence electrons. The summed E-state index contributed by atoms with van der Waals surface area (Å²) < 4.78 is 32.2. The molecule has 0 radical (unpaired) electrons. The Morgan fingerprint density at radius 2 is 1.80 bits per heavy atom. The third-order valence-electron chi connectivity index (χ3n) is 4.45. The van der Waals surface area contributed by atoms with E-state index in [2.05, 4.69) is 15.6 Å². The molecule has 0 aromatic heterocycles. The van der Waals surface area contributed by atoms with Gasteiger partial charge in [0.05, 0.1) is 18.0 Å². The number of aryl methyl sites for hydroxylation is 1. The standard InChI is InChI=1S/C22H32N4O3S/c1-6-23-22(24-15-18-13-12-17(3)14-20(18)29-7-2)25-16-19-10-8-9-11-21(19)30(27,28)26(4)5/h8-14H,6-7,15-16H2,1-5H3,(H2,23,24,25). The fraction of sp³-hybridized carbons (Fsp3) is 0.409. The molecule has 0 saturated carbocycles. The summed E-state index contributed by atoms with van der Waals surface area (Å²) in [4.78, 5) is 4.94. The van der Waals surface area contributed by atoms with E-state index in [0.717, 1.165) is 16.9 Å². The number of sulfonamides is 1. The van der Waals surface area contributed by atoms with Crippen molar-refractivity contribution in [2.45, 2.75) is 38.8 Å². The zero-order valence-electron chi connectivity index (χ0n) is 18.4. The molecule has 7 nitrogen and oxygen atoms in total. The molecule has 0 fully saturated rings. The quantitative estimate of drug-likeness (QED) is 0.470. The van der Waals surface area contributed by atoms with E-state index in [0.29, 0.717) is 37.8 Å². The average molecular weight is 433 g/mol. The lowest BCUT2D eigenvalue weighted by molar-refractivity contribution is 0.336. The molecular weight excluding hydrogens is 400 g/mol. The molecule has 0 unspecified atom stereocenters. The molecule has 2 rings (SSSR count). The second-order valence-electron chi connectivity index (χ2n) is 6.99. The number of rotatable bonds is 9. The highest BCUT2D eigenvalue weighted by Crippen LogP contribution is 2.21. The van der Waals surface area contributed by atoms with Crippen LogP contribution in [0.5, 0.6) is 5.75 Å². The summed E-state index contributed by atoms with van der Waals surface area (Å²) in [7, 11) is -0.462. The third kappa shape index (κ3) is 6.21. The molecule has 0 amide bonds. The molecule has 0 bridgehead atoms. The van der Waals surface area contributed by atoms with E-state index in [1.54, 1.807) is 18.2 Å². The van der Waals surface area contributed by atoms with Crippen LogP contribution < -0.4 is 15.4 Å². The van der Waals surface area contributed by atoms with Crippen molar-refractivity contribution in [1.82, 2.24) is 14.9 Å². The van der Waals surface area contributed by atoms with Gasteiger partial charge in [-0.1, -0.05) is 30.3 Å². The maximum atomic E-state index is 12.6. The maximum absolute atomic E-state index is 12.6. The van der Waals surface area contributed by atoms with Crippen molar-refractivity contribution in [2.24, 2.45) is 4.99 Å². The minimum Gasteiger partial charge on any atom is -0.494 e. The number of hydrogen-bond donors (Lipinski definition) is 2. The van der Waals surface area contributed by atoms with Gasteiger partial charge < -0.3 is 15.4 Å². The summed E-state index contributed by atoms with van der Waals surface area (Å²) in [5, 5.41) is 6.44. The number of nitrogens with one attached hydrogen (secondary N) is 2. The number of hydrogen-bond acceptors (Lipinski definition) is 4. The number of nitrogens with zero attached hydrogens (tertiary/aromatic N) is 2. The van der Waals surface area contributed by atoms with E-state index in [1.807, 2.05) is 45.0 Å². The van der Waals surface area contributed by atoms with Crippen molar-refractivity contribution in [3.8, 4) is 5.75 Å². The molecular formula is C22H32N4O3S. The first kappa shape index (κ1) is 23.7. The van der Waals surface area contributed by atoms with Gasteiger partial charge in [0.15, 0.2) is 5.96 Å². The SMILES string of the molecule is CCNC(=NCc1ccc(C)cc1OCC)NCc1ccccc1S(=O)(=O)N(C)C. The highest BCUT2D eigenvalue weighted by atomic mass is 32.2. The van der Waals surface area contributed by atoms with E-state index < -0.39 is 10.0 Å². The van der Waals surface area contributed by atoms with Gasteiger partial charge in [-0.2, -0.15) is 0 Å². The van der Waals surface area contributed by atoms with Crippen molar-refractivity contribution in [1.29, 1.82) is 0 Å². The number of aliphatic imine (C=N–C) groups is 1. The van der Waals surface area contributed by atoms with Crippen molar-refractivity contribution in [2.75, 3.05) is 27.2 Å². The van der Waals surface area contributed by atoms with Gasteiger partial charge in [0.25, 0.3) is 0 Å². The van der Waals surface area contributed by atoms with E-state index >= 15 is 0 Å². The summed E-state index contributed by atoms with van der Waals surface area (Å²) in [5.41, 5.74) is 2.81. The molecule has 0 spiro atoms. The van der Waals surface area contributed by atoms with Crippen LogP contribution in [0, 0.1) is 6.92 Å². The first-order valence-corrected chi connectivity index (χ1v) is 11.5. The molecule has 30 heavy (non-hydrogen) atoms. The molecule has 2 N–H and O–H groups in total. The molecule has 0 aliphatic carbocycles. The lowest BCUT2D eigenvalue weighted by Gasteiger charge is -2.17. The van der Waals surface area contributed by atoms with Crippen LogP contribution in [0.4, 0.5) is 0 Å². The Kier molecular flexibility index (Phi) is 8.68. The summed E-state index contributed by atoms with van der Waals surface area (Å²) in [6.45, 7) is 8.04. The smallest absolute Gasteiger partial charge is 0.242 e. The van der Waals surface area contributed by atoms with E-state index in [-0.39, 0.29) is 4.90 Å². The molecule has 8 heteroatoms. The molecule has 2 aromatic carbocycles. The largest absolute Gasteiger partial charge is 0.494 e. The van der Waals surface area contributed by atoms with Crippen molar-refractivity contribution in [3.63, 3.8) is 0 Å². The Balaban J connectivity index is 2.20. The van der Waals surface area contributed by atoms with Gasteiger partial charge in [-0.05, 0) is 44.0 Å². The number of guanidine groups is 1. The number of ether oxygens (including phenoxy) is 1. The summed E-state index contributed by atoms with van der Waals surface area (Å²) in [6, 6.07) is 13.1. The predicted octanol–water partition coefficient (Wildman–Crippen LogP) is 2.90. The van der Waals surface area contributed by atoms with Crippen LogP contribution in [0.3, 0.4) is 0 Å². The van der Waals surface area contributed by atoms with Gasteiger partial charge in [-0.25, -0.2) is 17.7 Å². The second kappa shape index (κ2) is 11.0. The first-order chi connectivity index (χ1) is 14.3.